The molecule has 1 aliphatic heterocycles. The molecule has 2 unspecified atom stereocenters. The lowest BCUT2D eigenvalue weighted by atomic mass is 10.1. The highest BCUT2D eigenvalue weighted by molar-refractivity contribution is 7.84. The van der Waals surface area contributed by atoms with E-state index < -0.39 is 28.4 Å². The smallest absolute Gasteiger partial charge is 0.272 e. The van der Waals surface area contributed by atoms with Crippen molar-refractivity contribution >= 4 is 22.5 Å². The van der Waals surface area contributed by atoms with Crippen molar-refractivity contribution in [3.8, 4) is 0 Å². The number of nitrogens with zero attached hydrogens (tertiary/aromatic N) is 1. The van der Waals surface area contributed by atoms with Gasteiger partial charge in [0.25, 0.3) is 5.91 Å². The van der Waals surface area contributed by atoms with Gasteiger partial charge in [0.15, 0.2) is 11.6 Å². The zero-order valence-corrected chi connectivity index (χ0v) is 18.3. The number of aromatic nitrogens is 1. The molecule has 2 heterocycles. The van der Waals surface area contributed by atoms with Gasteiger partial charge in [-0.2, -0.15) is 0 Å². The molecule has 1 amide bonds. The van der Waals surface area contributed by atoms with Crippen molar-refractivity contribution in [3.63, 3.8) is 0 Å². The van der Waals surface area contributed by atoms with Gasteiger partial charge < -0.3 is 14.6 Å². The number of fused-ring (bicyclic) bond motifs is 1. The minimum absolute atomic E-state index is 0.0145. The molecule has 0 radical (unpaired) electrons. The molecule has 0 spiro atoms. The molecule has 6 nitrogen and oxygen atoms in total. The van der Waals surface area contributed by atoms with Crippen LogP contribution in [-0.2, 0) is 35.7 Å². The van der Waals surface area contributed by atoms with E-state index in [-0.39, 0.29) is 11.7 Å². The van der Waals surface area contributed by atoms with Crippen molar-refractivity contribution in [2.45, 2.75) is 30.4 Å². The average Bonchev–Trinajstić information content (AvgIpc) is 3.03. The Balaban J connectivity index is 1.45. The van der Waals surface area contributed by atoms with Crippen LogP contribution < -0.4 is 10.0 Å². The summed E-state index contributed by atoms with van der Waals surface area (Å²) in [6.07, 6.45) is 3.09. The van der Waals surface area contributed by atoms with Gasteiger partial charge in [-0.25, -0.2) is 13.5 Å². The van der Waals surface area contributed by atoms with E-state index in [4.69, 9.17) is 9.52 Å². The summed E-state index contributed by atoms with van der Waals surface area (Å²) in [7, 11) is 0.732. The zero-order valence-electron chi connectivity index (χ0n) is 17.5. The monoisotopic (exact) mass is 458 g/mol. The summed E-state index contributed by atoms with van der Waals surface area (Å²) < 4.78 is 46.1. The van der Waals surface area contributed by atoms with Crippen LogP contribution in [0.3, 0.4) is 0 Å². The number of hydrogen-bond donors (Lipinski definition) is 3. The maximum Gasteiger partial charge on any atom is 0.272 e. The number of rotatable bonds is 6. The van der Waals surface area contributed by atoms with E-state index in [2.05, 4.69) is 10.0 Å². The molecular weight excluding hydrogens is 434 g/mol. The first kappa shape index (κ1) is 22.3. The Morgan fingerprint density at radius 2 is 2.03 bits per heavy atom. The Morgan fingerprint density at radius 1 is 1.25 bits per heavy atom. The second-order valence-electron chi connectivity index (χ2n) is 7.67. The maximum atomic E-state index is 13.5. The van der Waals surface area contributed by atoms with Crippen LogP contribution in [0.15, 0.2) is 59.6 Å². The van der Waals surface area contributed by atoms with Crippen LogP contribution in [0, 0.1) is 16.4 Å². The number of carbonyl (C=O) groups is 1. The predicted octanol–water partition coefficient (Wildman–Crippen LogP) is 4.33. The molecule has 0 aliphatic carbocycles. The molecule has 32 heavy (non-hydrogen) atoms. The van der Waals surface area contributed by atoms with Crippen LogP contribution in [0.25, 0.3) is 0 Å². The number of benzene rings is 2. The van der Waals surface area contributed by atoms with Crippen molar-refractivity contribution in [2.24, 2.45) is 7.05 Å². The van der Waals surface area contributed by atoms with E-state index in [9.17, 15) is 13.6 Å². The van der Waals surface area contributed by atoms with Gasteiger partial charge in [-0.3, -0.25) is 9.57 Å². The van der Waals surface area contributed by atoms with E-state index in [0.717, 1.165) is 28.2 Å². The summed E-state index contributed by atoms with van der Waals surface area (Å²) >= 11 is 0. The highest BCUT2D eigenvalue weighted by atomic mass is 32.2. The van der Waals surface area contributed by atoms with Gasteiger partial charge in [-0.05, 0) is 47.0 Å². The first-order valence-corrected chi connectivity index (χ1v) is 11.4. The summed E-state index contributed by atoms with van der Waals surface area (Å²) in [6.45, 7) is 0.963. The SMILES string of the molecule is Cn1cc2c(c1C(=O)Nc1ccc(F)c(F)c1)CCC(COCc1ccccc1)NS2=N. The summed E-state index contributed by atoms with van der Waals surface area (Å²) in [6, 6.07) is 13.1. The molecule has 0 saturated carbocycles. The Kier molecular flexibility index (Phi) is 6.78. The van der Waals surface area contributed by atoms with Gasteiger partial charge >= 0.3 is 0 Å². The molecule has 1 aliphatic rings. The first-order valence-electron chi connectivity index (χ1n) is 10.2. The Labute approximate surface area is 187 Å². The molecule has 9 heteroatoms. The first-order chi connectivity index (χ1) is 15.4. The lowest BCUT2D eigenvalue weighted by molar-refractivity contribution is 0.101. The molecule has 168 valence electrons. The molecule has 2 aromatic carbocycles. The summed E-state index contributed by atoms with van der Waals surface area (Å²) in [5.74, 6) is -2.42. The molecule has 0 fully saturated rings. The number of anilines is 1. The van der Waals surface area contributed by atoms with Crippen LogP contribution in [0.1, 0.15) is 28.0 Å². The topological polar surface area (TPSA) is 79.1 Å². The summed E-state index contributed by atoms with van der Waals surface area (Å²) in [4.78, 5) is 13.7. The summed E-state index contributed by atoms with van der Waals surface area (Å²) in [5.41, 5.74) is 2.48. The van der Waals surface area contributed by atoms with E-state index in [1.165, 1.54) is 6.07 Å². The molecule has 3 N–H and O–H groups in total. The summed E-state index contributed by atoms with van der Waals surface area (Å²) in [5, 5.41) is 2.63. The maximum absolute atomic E-state index is 13.5. The fraction of sp³-hybridized carbons (Fsp3) is 0.261. The Bertz CT molecular complexity index is 1150. The Morgan fingerprint density at radius 3 is 2.78 bits per heavy atom. The van der Waals surface area contributed by atoms with Crippen molar-refractivity contribution in [3.05, 3.63) is 83.2 Å². The molecular formula is C23H24F2N4O2S. The highest BCUT2D eigenvalue weighted by Gasteiger charge is 2.27. The van der Waals surface area contributed by atoms with Crippen molar-refractivity contribution in [1.29, 1.82) is 4.78 Å². The zero-order chi connectivity index (χ0) is 22.7. The molecule has 4 rings (SSSR count). The lowest BCUT2D eigenvalue weighted by Gasteiger charge is -2.17. The minimum atomic E-state index is -1.02. The number of ether oxygens (including phenoxy) is 1. The van der Waals surface area contributed by atoms with Gasteiger partial charge in [0.2, 0.25) is 0 Å². The van der Waals surface area contributed by atoms with E-state index in [1.807, 2.05) is 30.3 Å². The van der Waals surface area contributed by atoms with Crippen molar-refractivity contribution in [2.75, 3.05) is 11.9 Å². The second-order valence-corrected chi connectivity index (χ2v) is 8.96. The third kappa shape index (κ3) is 4.95. The third-order valence-corrected chi connectivity index (χ3v) is 6.68. The van der Waals surface area contributed by atoms with Crippen LogP contribution >= 0.6 is 0 Å². The van der Waals surface area contributed by atoms with Crippen molar-refractivity contribution < 1.29 is 18.3 Å². The predicted molar refractivity (Wildman–Crippen MR) is 119 cm³/mol. The minimum Gasteiger partial charge on any atom is -0.375 e. The van der Waals surface area contributed by atoms with Gasteiger partial charge in [-0.15, -0.1) is 0 Å². The third-order valence-electron chi connectivity index (χ3n) is 5.32. The fourth-order valence-corrected chi connectivity index (χ4v) is 5.10. The van der Waals surface area contributed by atoms with Crippen LogP contribution in [0.4, 0.5) is 14.5 Å². The molecule has 3 aromatic rings. The normalized spacial score (nSPS) is 18.1. The number of halogens is 2. The van der Waals surface area contributed by atoms with E-state index in [1.54, 1.807) is 17.8 Å². The Hall–Kier alpha value is -2.88. The van der Waals surface area contributed by atoms with Crippen LogP contribution in [0.5, 0.6) is 0 Å². The molecule has 0 saturated heterocycles. The van der Waals surface area contributed by atoms with Crippen LogP contribution in [-0.4, -0.2) is 23.1 Å². The largest absolute Gasteiger partial charge is 0.375 e. The number of hydrogen-bond acceptors (Lipinski definition) is 3. The molecule has 2 atom stereocenters. The molecule has 1 aromatic heterocycles. The number of aryl methyl sites for hydroxylation is 1. The van der Waals surface area contributed by atoms with Gasteiger partial charge in [-0.1, -0.05) is 30.3 Å². The van der Waals surface area contributed by atoms with Crippen LogP contribution in [0.2, 0.25) is 0 Å². The number of amides is 1. The van der Waals surface area contributed by atoms with Gasteiger partial charge in [0, 0.05) is 31.0 Å². The number of nitrogens with one attached hydrogen (secondary N) is 3. The average molecular weight is 459 g/mol. The quantitative estimate of drug-likeness (QED) is 0.514. The van der Waals surface area contributed by atoms with E-state index >= 15 is 0 Å². The number of carbonyl (C=O) groups excluding carboxylic acids is 1. The van der Waals surface area contributed by atoms with Gasteiger partial charge in [0.1, 0.15) is 5.69 Å². The lowest BCUT2D eigenvalue weighted by Crippen LogP contribution is -2.33. The van der Waals surface area contributed by atoms with Crippen molar-refractivity contribution in [1.82, 2.24) is 9.29 Å². The second kappa shape index (κ2) is 9.72. The standard InChI is InChI=1S/C23H24F2N4O2S/c1-29-12-21-18(22(29)23(30)27-16-8-10-19(24)20(25)11-16)9-7-17(28-32(21)26)14-31-13-15-5-3-2-4-6-15/h2-6,8,10-12,17H,7,9,13-14H2,1H3,(H2,26,28)(H,27,30). The fourth-order valence-electron chi connectivity index (χ4n) is 3.75. The molecule has 0 bridgehead atoms. The van der Waals surface area contributed by atoms with Gasteiger partial charge in [0.05, 0.1) is 18.1 Å². The highest BCUT2D eigenvalue weighted by Crippen LogP contribution is 2.27. The van der Waals surface area contributed by atoms with E-state index in [0.29, 0.717) is 31.7 Å².